The maximum Gasteiger partial charge on any atom is 0.273 e. The molecule has 0 radical (unpaired) electrons. The van der Waals surface area contributed by atoms with Crippen molar-refractivity contribution < 1.29 is 9.72 Å². The smallest absolute Gasteiger partial charge is 0.273 e. The van der Waals surface area contributed by atoms with Gasteiger partial charge in [-0.1, -0.05) is 11.6 Å². The third kappa shape index (κ3) is 3.57. The Balaban J connectivity index is 2.95. The summed E-state index contributed by atoms with van der Waals surface area (Å²) in [5, 5.41) is 14.0. The standard InChI is InChI=1S/C12H16ClN3O3/c1-7-4-9(8(13)5-10(7)16(18)19)15-6-12(2,3)11(14)17/h4-5,15H,6H2,1-3H3,(H2,14,17). The van der Waals surface area contributed by atoms with Gasteiger partial charge in [0.25, 0.3) is 5.69 Å². The van der Waals surface area contributed by atoms with E-state index in [-0.39, 0.29) is 10.7 Å². The third-order valence-corrected chi connectivity index (χ3v) is 3.18. The lowest BCUT2D eigenvalue weighted by molar-refractivity contribution is -0.385. The molecule has 6 nitrogen and oxygen atoms in total. The summed E-state index contributed by atoms with van der Waals surface area (Å²) in [5.41, 5.74) is 5.53. The number of carbonyl (C=O) groups is 1. The molecular weight excluding hydrogens is 270 g/mol. The van der Waals surface area contributed by atoms with Crippen LogP contribution in [0.25, 0.3) is 0 Å². The Kier molecular flexibility index (Phi) is 4.36. The minimum absolute atomic E-state index is 0.0373. The molecule has 0 saturated heterocycles. The highest BCUT2D eigenvalue weighted by atomic mass is 35.5. The number of primary amides is 1. The van der Waals surface area contributed by atoms with E-state index >= 15 is 0 Å². The second kappa shape index (κ2) is 5.44. The lowest BCUT2D eigenvalue weighted by atomic mass is 9.92. The lowest BCUT2D eigenvalue weighted by Crippen LogP contribution is -2.37. The molecule has 0 atom stereocenters. The molecule has 0 unspecified atom stereocenters. The van der Waals surface area contributed by atoms with Gasteiger partial charge in [-0.15, -0.1) is 0 Å². The van der Waals surface area contributed by atoms with Crippen molar-refractivity contribution in [2.45, 2.75) is 20.8 Å². The molecule has 7 heteroatoms. The first-order valence-corrected chi connectivity index (χ1v) is 6.01. The fraction of sp³-hybridized carbons (Fsp3) is 0.417. The SMILES string of the molecule is Cc1cc(NCC(C)(C)C(N)=O)c(Cl)cc1[N+](=O)[O-]. The van der Waals surface area contributed by atoms with Gasteiger partial charge in [0.2, 0.25) is 5.91 Å². The first-order valence-electron chi connectivity index (χ1n) is 5.63. The van der Waals surface area contributed by atoms with Gasteiger partial charge in [0.15, 0.2) is 0 Å². The van der Waals surface area contributed by atoms with E-state index in [1.54, 1.807) is 26.8 Å². The molecule has 3 N–H and O–H groups in total. The molecule has 0 aromatic heterocycles. The van der Waals surface area contributed by atoms with Crippen LogP contribution in [0.15, 0.2) is 12.1 Å². The predicted molar refractivity (Wildman–Crippen MR) is 74.3 cm³/mol. The van der Waals surface area contributed by atoms with Gasteiger partial charge < -0.3 is 11.1 Å². The molecular formula is C12H16ClN3O3. The Morgan fingerprint density at radius 1 is 1.53 bits per heavy atom. The number of anilines is 1. The summed E-state index contributed by atoms with van der Waals surface area (Å²) in [4.78, 5) is 21.5. The molecule has 0 spiro atoms. The number of halogens is 1. The van der Waals surface area contributed by atoms with Crippen LogP contribution in [0.3, 0.4) is 0 Å². The number of nitro benzene ring substituents is 1. The quantitative estimate of drug-likeness (QED) is 0.641. The Morgan fingerprint density at radius 3 is 2.58 bits per heavy atom. The number of nitrogens with two attached hydrogens (primary N) is 1. The van der Waals surface area contributed by atoms with E-state index in [9.17, 15) is 14.9 Å². The van der Waals surface area contributed by atoms with Gasteiger partial charge in [0.1, 0.15) is 0 Å². The number of hydrogen-bond donors (Lipinski definition) is 2. The van der Waals surface area contributed by atoms with Gasteiger partial charge in [0, 0.05) is 18.2 Å². The number of carbonyl (C=O) groups excluding carboxylic acids is 1. The number of nitrogens with one attached hydrogen (secondary N) is 1. The second-order valence-corrected chi connectivity index (χ2v) is 5.38. The number of nitrogens with zero attached hydrogens (tertiary/aromatic N) is 1. The molecule has 0 saturated carbocycles. The van der Waals surface area contributed by atoms with Crippen molar-refractivity contribution in [3.63, 3.8) is 0 Å². The van der Waals surface area contributed by atoms with E-state index in [2.05, 4.69) is 5.32 Å². The average molecular weight is 286 g/mol. The van der Waals surface area contributed by atoms with E-state index in [0.29, 0.717) is 17.8 Å². The zero-order chi connectivity index (χ0) is 14.8. The minimum atomic E-state index is -0.737. The van der Waals surface area contributed by atoms with Gasteiger partial charge in [-0.05, 0) is 26.8 Å². The molecule has 0 fully saturated rings. The van der Waals surface area contributed by atoms with Gasteiger partial charge in [-0.25, -0.2) is 0 Å². The Hall–Kier alpha value is -1.82. The van der Waals surface area contributed by atoms with Gasteiger partial charge >= 0.3 is 0 Å². The van der Waals surface area contributed by atoms with E-state index < -0.39 is 16.2 Å². The van der Waals surface area contributed by atoms with Crippen molar-refractivity contribution in [3.8, 4) is 0 Å². The Labute approximate surface area is 116 Å². The summed E-state index contributed by atoms with van der Waals surface area (Å²) in [5.74, 6) is -0.435. The number of nitro groups is 1. The highest BCUT2D eigenvalue weighted by molar-refractivity contribution is 6.33. The first kappa shape index (κ1) is 15.2. The number of amides is 1. The largest absolute Gasteiger partial charge is 0.383 e. The monoisotopic (exact) mass is 285 g/mol. The normalized spacial score (nSPS) is 11.2. The molecule has 0 aliphatic rings. The van der Waals surface area contributed by atoms with Crippen molar-refractivity contribution in [1.82, 2.24) is 0 Å². The summed E-state index contributed by atoms with van der Waals surface area (Å²) in [6.45, 7) is 5.32. The fourth-order valence-corrected chi connectivity index (χ4v) is 1.63. The van der Waals surface area contributed by atoms with Gasteiger partial charge in [-0.2, -0.15) is 0 Å². The Bertz CT molecular complexity index is 529. The molecule has 0 heterocycles. The van der Waals surface area contributed by atoms with Gasteiger partial charge in [0.05, 0.1) is 21.0 Å². The molecule has 1 amide bonds. The van der Waals surface area contributed by atoms with Crippen LogP contribution >= 0.6 is 11.6 Å². The molecule has 1 aromatic rings. The molecule has 0 bridgehead atoms. The summed E-state index contributed by atoms with van der Waals surface area (Å²) in [6, 6.07) is 2.87. The van der Waals surface area contributed by atoms with Crippen LogP contribution in [0.5, 0.6) is 0 Å². The number of hydrogen-bond acceptors (Lipinski definition) is 4. The summed E-state index contributed by atoms with van der Waals surface area (Å²) in [6.07, 6.45) is 0. The topological polar surface area (TPSA) is 98.3 Å². The van der Waals surface area contributed by atoms with Crippen molar-refractivity contribution in [1.29, 1.82) is 0 Å². The number of aryl methyl sites for hydroxylation is 1. The zero-order valence-corrected chi connectivity index (χ0v) is 11.7. The maximum absolute atomic E-state index is 11.2. The van der Waals surface area contributed by atoms with Crippen LogP contribution < -0.4 is 11.1 Å². The lowest BCUT2D eigenvalue weighted by Gasteiger charge is -2.22. The second-order valence-electron chi connectivity index (χ2n) is 4.98. The highest BCUT2D eigenvalue weighted by Crippen LogP contribution is 2.31. The zero-order valence-electron chi connectivity index (χ0n) is 11.0. The summed E-state index contributed by atoms with van der Waals surface area (Å²) < 4.78 is 0. The highest BCUT2D eigenvalue weighted by Gasteiger charge is 2.25. The predicted octanol–water partition coefficient (Wildman–Crippen LogP) is 2.48. The van der Waals surface area contributed by atoms with Crippen LogP contribution in [0.2, 0.25) is 5.02 Å². The van der Waals surface area contributed by atoms with Crippen LogP contribution in [0.1, 0.15) is 19.4 Å². The molecule has 0 aliphatic heterocycles. The van der Waals surface area contributed by atoms with Crippen LogP contribution in [0.4, 0.5) is 11.4 Å². The van der Waals surface area contributed by atoms with Crippen molar-refractivity contribution in [2.24, 2.45) is 11.1 Å². The molecule has 104 valence electrons. The average Bonchev–Trinajstić information content (AvgIpc) is 2.29. The van der Waals surface area contributed by atoms with E-state index in [1.165, 1.54) is 6.07 Å². The van der Waals surface area contributed by atoms with Crippen LogP contribution in [-0.4, -0.2) is 17.4 Å². The van der Waals surface area contributed by atoms with E-state index in [0.717, 1.165) is 0 Å². The van der Waals surface area contributed by atoms with Crippen molar-refractivity contribution >= 4 is 28.9 Å². The molecule has 19 heavy (non-hydrogen) atoms. The minimum Gasteiger partial charge on any atom is -0.383 e. The maximum atomic E-state index is 11.2. The van der Waals surface area contributed by atoms with Crippen LogP contribution in [0, 0.1) is 22.5 Å². The van der Waals surface area contributed by atoms with Crippen molar-refractivity contribution in [2.75, 3.05) is 11.9 Å². The summed E-state index contributed by atoms with van der Waals surface area (Å²) >= 11 is 5.97. The van der Waals surface area contributed by atoms with E-state index in [1.807, 2.05) is 0 Å². The fourth-order valence-electron chi connectivity index (χ4n) is 1.41. The van der Waals surface area contributed by atoms with Gasteiger partial charge in [-0.3, -0.25) is 14.9 Å². The van der Waals surface area contributed by atoms with Crippen LogP contribution in [-0.2, 0) is 4.79 Å². The molecule has 1 rings (SSSR count). The van der Waals surface area contributed by atoms with Crippen molar-refractivity contribution in [3.05, 3.63) is 32.8 Å². The third-order valence-electron chi connectivity index (χ3n) is 2.87. The molecule has 1 aromatic carbocycles. The number of rotatable bonds is 5. The van der Waals surface area contributed by atoms with E-state index in [4.69, 9.17) is 17.3 Å². The first-order chi connectivity index (χ1) is 8.65. The molecule has 0 aliphatic carbocycles. The number of benzene rings is 1. The summed E-state index contributed by atoms with van der Waals surface area (Å²) in [7, 11) is 0. The Morgan fingerprint density at radius 2 is 2.11 bits per heavy atom.